The third kappa shape index (κ3) is 2.53. The molecule has 0 atom stereocenters. The van der Waals surface area contributed by atoms with E-state index < -0.39 is 5.91 Å². The second-order valence-corrected chi connectivity index (χ2v) is 3.60. The zero-order valence-corrected chi connectivity index (χ0v) is 8.93. The van der Waals surface area contributed by atoms with Crippen molar-refractivity contribution in [2.45, 2.75) is 6.54 Å². The maximum Gasteiger partial charge on any atom is 0.269 e. The van der Waals surface area contributed by atoms with Crippen molar-refractivity contribution in [3.8, 4) is 0 Å². The van der Waals surface area contributed by atoms with Crippen LogP contribution >= 0.6 is 0 Å². The molecule has 0 spiro atoms. The molecule has 6 heteroatoms. The van der Waals surface area contributed by atoms with Gasteiger partial charge in [0.2, 0.25) is 0 Å². The fourth-order valence-corrected chi connectivity index (χ4v) is 1.66. The van der Waals surface area contributed by atoms with Crippen molar-refractivity contribution < 1.29 is 9.53 Å². The minimum atomic E-state index is -0.531. The van der Waals surface area contributed by atoms with E-state index in [9.17, 15) is 4.79 Å². The Morgan fingerprint density at radius 3 is 2.75 bits per heavy atom. The molecule has 16 heavy (non-hydrogen) atoms. The van der Waals surface area contributed by atoms with Crippen LogP contribution in [0.25, 0.3) is 0 Å². The normalized spacial score (nSPS) is 17.2. The molecule has 86 valence electrons. The van der Waals surface area contributed by atoms with Crippen molar-refractivity contribution in [2.75, 3.05) is 26.3 Å². The predicted octanol–water partition coefficient (Wildman–Crippen LogP) is -0.592. The lowest BCUT2D eigenvalue weighted by atomic mass is 10.2. The van der Waals surface area contributed by atoms with Gasteiger partial charge in [-0.15, -0.1) is 0 Å². The lowest BCUT2D eigenvalue weighted by Gasteiger charge is -2.26. The number of rotatable bonds is 3. The molecule has 1 aliphatic heterocycles. The summed E-state index contributed by atoms with van der Waals surface area (Å²) in [5.74, 6) is -0.531. The summed E-state index contributed by atoms with van der Waals surface area (Å²) >= 11 is 0. The van der Waals surface area contributed by atoms with Gasteiger partial charge in [-0.3, -0.25) is 14.7 Å². The molecule has 6 nitrogen and oxygen atoms in total. The molecule has 0 aliphatic carbocycles. The summed E-state index contributed by atoms with van der Waals surface area (Å²) < 4.78 is 5.25. The number of amides is 1. The monoisotopic (exact) mass is 222 g/mol. The number of ether oxygens (including phenoxy) is 1. The van der Waals surface area contributed by atoms with Crippen molar-refractivity contribution in [2.24, 2.45) is 5.73 Å². The number of primary amides is 1. The van der Waals surface area contributed by atoms with Crippen LogP contribution in [0.1, 0.15) is 16.2 Å². The summed E-state index contributed by atoms with van der Waals surface area (Å²) in [6.45, 7) is 3.71. The molecule has 2 heterocycles. The van der Waals surface area contributed by atoms with E-state index in [0.29, 0.717) is 25.5 Å². The van der Waals surface area contributed by atoms with Crippen LogP contribution in [-0.4, -0.2) is 47.1 Å². The molecule has 1 amide bonds. The second-order valence-electron chi connectivity index (χ2n) is 3.60. The number of morpholine rings is 1. The quantitative estimate of drug-likeness (QED) is 0.739. The molecule has 0 unspecified atom stereocenters. The van der Waals surface area contributed by atoms with Crippen LogP contribution in [-0.2, 0) is 11.3 Å². The van der Waals surface area contributed by atoms with Crippen molar-refractivity contribution >= 4 is 5.91 Å². The summed E-state index contributed by atoms with van der Waals surface area (Å²) in [7, 11) is 0. The minimum absolute atomic E-state index is 0.258. The Morgan fingerprint density at radius 1 is 1.38 bits per heavy atom. The Hall–Kier alpha value is -1.53. The number of carbonyl (C=O) groups excluding carboxylic acids is 1. The second kappa shape index (κ2) is 5.00. The fourth-order valence-electron chi connectivity index (χ4n) is 1.66. The van der Waals surface area contributed by atoms with E-state index in [1.165, 1.54) is 6.20 Å². The van der Waals surface area contributed by atoms with Crippen LogP contribution in [0.15, 0.2) is 12.4 Å². The van der Waals surface area contributed by atoms with E-state index in [1.54, 1.807) is 6.20 Å². The molecule has 0 radical (unpaired) electrons. The molecule has 0 bridgehead atoms. The zero-order valence-electron chi connectivity index (χ0n) is 8.93. The third-order valence-electron chi connectivity index (χ3n) is 2.48. The summed E-state index contributed by atoms with van der Waals surface area (Å²) in [6, 6.07) is 0. The van der Waals surface area contributed by atoms with Gasteiger partial charge in [0.25, 0.3) is 5.91 Å². The van der Waals surface area contributed by atoms with E-state index in [2.05, 4.69) is 14.9 Å². The van der Waals surface area contributed by atoms with Gasteiger partial charge in [-0.2, -0.15) is 0 Å². The van der Waals surface area contributed by atoms with Crippen molar-refractivity contribution in [3.05, 3.63) is 23.8 Å². The highest BCUT2D eigenvalue weighted by atomic mass is 16.5. The number of nitrogens with two attached hydrogens (primary N) is 1. The number of nitrogens with zero attached hydrogens (tertiary/aromatic N) is 3. The highest BCUT2D eigenvalue weighted by Crippen LogP contribution is 2.07. The molecule has 1 aliphatic rings. The van der Waals surface area contributed by atoms with Crippen molar-refractivity contribution in [1.82, 2.24) is 14.9 Å². The Labute approximate surface area is 93.4 Å². The summed E-state index contributed by atoms with van der Waals surface area (Å²) in [4.78, 5) is 21.4. The van der Waals surface area contributed by atoms with Crippen LogP contribution in [0, 0.1) is 0 Å². The predicted molar refractivity (Wildman–Crippen MR) is 56.6 cm³/mol. The van der Waals surface area contributed by atoms with Crippen LogP contribution in [0.5, 0.6) is 0 Å². The van der Waals surface area contributed by atoms with Gasteiger partial charge < -0.3 is 10.5 Å². The SMILES string of the molecule is NC(=O)c1nccnc1CN1CCOCC1. The first-order valence-electron chi connectivity index (χ1n) is 5.17. The number of aromatic nitrogens is 2. The summed E-state index contributed by atoms with van der Waals surface area (Å²) in [5.41, 5.74) is 6.13. The Bertz CT molecular complexity index is 377. The lowest BCUT2D eigenvalue weighted by Crippen LogP contribution is -2.36. The highest BCUT2D eigenvalue weighted by Gasteiger charge is 2.16. The first-order valence-corrected chi connectivity index (χ1v) is 5.17. The van der Waals surface area contributed by atoms with E-state index in [4.69, 9.17) is 10.5 Å². The summed E-state index contributed by atoms with van der Waals surface area (Å²) in [5, 5.41) is 0. The molecule has 2 rings (SSSR count). The smallest absolute Gasteiger partial charge is 0.269 e. The molecular formula is C10H14N4O2. The van der Waals surface area contributed by atoms with Gasteiger partial charge in [0, 0.05) is 32.0 Å². The van der Waals surface area contributed by atoms with Crippen LogP contribution in [0.4, 0.5) is 0 Å². The van der Waals surface area contributed by atoms with E-state index in [-0.39, 0.29) is 5.69 Å². The van der Waals surface area contributed by atoms with Gasteiger partial charge in [0.05, 0.1) is 18.9 Å². The molecule has 1 saturated heterocycles. The standard InChI is InChI=1S/C10H14N4O2/c11-10(15)9-8(12-1-2-13-9)7-14-3-5-16-6-4-14/h1-2H,3-7H2,(H2,11,15). The Morgan fingerprint density at radius 2 is 2.06 bits per heavy atom. The molecule has 0 saturated carbocycles. The molecule has 1 aromatic heterocycles. The van der Waals surface area contributed by atoms with E-state index >= 15 is 0 Å². The van der Waals surface area contributed by atoms with Crippen LogP contribution in [0.2, 0.25) is 0 Å². The summed E-state index contributed by atoms with van der Waals surface area (Å²) in [6.07, 6.45) is 3.05. The molecule has 1 aromatic rings. The average molecular weight is 222 g/mol. The number of hydrogen-bond donors (Lipinski definition) is 1. The zero-order chi connectivity index (χ0) is 11.4. The first-order chi connectivity index (χ1) is 7.77. The maximum absolute atomic E-state index is 11.1. The minimum Gasteiger partial charge on any atom is -0.379 e. The maximum atomic E-state index is 11.1. The van der Waals surface area contributed by atoms with Crippen LogP contribution < -0.4 is 5.73 Å². The average Bonchev–Trinajstić information content (AvgIpc) is 2.31. The van der Waals surface area contributed by atoms with Gasteiger partial charge in [0.1, 0.15) is 0 Å². The Kier molecular flexibility index (Phi) is 3.43. The van der Waals surface area contributed by atoms with Gasteiger partial charge in [-0.25, -0.2) is 4.98 Å². The van der Waals surface area contributed by atoms with Crippen LogP contribution in [0.3, 0.4) is 0 Å². The first kappa shape index (κ1) is 11.0. The fraction of sp³-hybridized carbons (Fsp3) is 0.500. The molecular weight excluding hydrogens is 208 g/mol. The van der Waals surface area contributed by atoms with Gasteiger partial charge in [0.15, 0.2) is 5.69 Å². The highest BCUT2D eigenvalue weighted by molar-refractivity contribution is 5.91. The van der Waals surface area contributed by atoms with E-state index in [1.807, 2.05) is 0 Å². The molecule has 0 aromatic carbocycles. The van der Waals surface area contributed by atoms with Gasteiger partial charge in [-0.1, -0.05) is 0 Å². The van der Waals surface area contributed by atoms with Crippen molar-refractivity contribution in [3.63, 3.8) is 0 Å². The third-order valence-corrected chi connectivity index (χ3v) is 2.48. The lowest BCUT2D eigenvalue weighted by molar-refractivity contribution is 0.0335. The van der Waals surface area contributed by atoms with Gasteiger partial charge in [-0.05, 0) is 0 Å². The number of carbonyl (C=O) groups is 1. The molecule has 1 fully saturated rings. The van der Waals surface area contributed by atoms with Gasteiger partial charge >= 0.3 is 0 Å². The largest absolute Gasteiger partial charge is 0.379 e. The van der Waals surface area contributed by atoms with Crippen molar-refractivity contribution in [1.29, 1.82) is 0 Å². The number of hydrogen-bond acceptors (Lipinski definition) is 5. The molecule has 2 N–H and O–H groups in total. The topological polar surface area (TPSA) is 81.3 Å². The van der Waals surface area contributed by atoms with E-state index in [0.717, 1.165) is 13.1 Å². The Balaban J connectivity index is 2.10.